The van der Waals surface area contributed by atoms with Crippen LogP contribution in [-0.2, 0) is 9.53 Å². The Morgan fingerprint density at radius 3 is 2.38 bits per heavy atom. The van der Waals surface area contributed by atoms with Crippen LogP contribution in [0.1, 0.15) is 40.0 Å². The Morgan fingerprint density at radius 2 is 2.08 bits per heavy atom. The van der Waals surface area contributed by atoms with Gasteiger partial charge < -0.3 is 10.5 Å². The van der Waals surface area contributed by atoms with Crippen LogP contribution in [0.2, 0.25) is 0 Å². The van der Waals surface area contributed by atoms with Gasteiger partial charge in [-0.25, -0.2) is 0 Å². The summed E-state index contributed by atoms with van der Waals surface area (Å²) < 4.78 is 4.69. The average molecular weight is 187 g/mol. The maximum Gasteiger partial charge on any atom is 0.325 e. The highest BCUT2D eigenvalue weighted by Gasteiger charge is 2.34. The van der Waals surface area contributed by atoms with Crippen molar-refractivity contribution in [3.63, 3.8) is 0 Å². The Bertz CT molecular complexity index is 170. The lowest BCUT2D eigenvalue weighted by molar-refractivity contribution is -0.148. The van der Waals surface area contributed by atoms with Gasteiger partial charge in [0.2, 0.25) is 0 Å². The predicted octanol–water partition coefficient (Wildman–Crippen LogP) is 1.70. The fourth-order valence-electron chi connectivity index (χ4n) is 1.34. The molecule has 2 atom stereocenters. The van der Waals surface area contributed by atoms with Gasteiger partial charge in [-0.3, -0.25) is 4.79 Å². The Balaban J connectivity index is 4.35. The van der Waals surface area contributed by atoms with Crippen molar-refractivity contribution in [2.75, 3.05) is 7.11 Å². The van der Waals surface area contributed by atoms with E-state index in [2.05, 4.69) is 18.6 Å². The molecule has 0 aliphatic rings. The molecule has 0 rings (SSSR count). The van der Waals surface area contributed by atoms with Crippen LogP contribution in [0.4, 0.5) is 0 Å². The van der Waals surface area contributed by atoms with E-state index in [0.717, 1.165) is 6.42 Å². The second-order valence-electron chi connectivity index (χ2n) is 3.72. The van der Waals surface area contributed by atoms with Crippen molar-refractivity contribution in [3.8, 4) is 0 Å². The first-order valence-electron chi connectivity index (χ1n) is 4.87. The first-order valence-corrected chi connectivity index (χ1v) is 4.87. The van der Waals surface area contributed by atoms with Crippen LogP contribution in [0.5, 0.6) is 0 Å². The summed E-state index contributed by atoms with van der Waals surface area (Å²) in [5.41, 5.74) is 5.17. The topological polar surface area (TPSA) is 52.3 Å². The lowest BCUT2D eigenvalue weighted by Gasteiger charge is -2.27. The predicted molar refractivity (Wildman–Crippen MR) is 53.3 cm³/mol. The molecule has 0 aliphatic carbocycles. The number of esters is 1. The molecule has 0 spiro atoms. The van der Waals surface area contributed by atoms with E-state index in [0.29, 0.717) is 18.8 Å². The highest BCUT2D eigenvalue weighted by molar-refractivity contribution is 5.80. The number of methoxy groups -OCH3 is 1. The maximum atomic E-state index is 11.4. The standard InChI is InChI=1S/C10H21NO2/c1-5-8(3)7-10(11,6-2)9(12)13-4/h8H,5-7,11H2,1-4H3. The number of carbonyl (C=O) groups is 1. The first kappa shape index (κ1) is 12.4. The molecule has 78 valence electrons. The molecule has 0 aliphatic heterocycles. The number of carbonyl (C=O) groups excluding carboxylic acids is 1. The van der Waals surface area contributed by atoms with E-state index in [9.17, 15) is 4.79 Å². The molecule has 3 nitrogen and oxygen atoms in total. The highest BCUT2D eigenvalue weighted by atomic mass is 16.5. The van der Waals surface area contributed by atoms with Gasteiger partial charge in [-0.05, 0) is 18.8 Å². The van der Waals surface area contributed by atoms with E-state index in [1.807, 2.05) is 6.92 Å². The van der Waals surface area contributed by atoms with Crippen LogP contribution < -0.4 is 5.73 Å². The van der Waals surface area contributed by atoms with E-state index in [1.54, 1.807) is 0 Å². The molecule has 2 N–H and O–H groups in total. The number of nitrogens with two attached hydrogens (primary N) is 1. The molecule has 3 heteroatoms. The van der Waals surface area contributed by atoms with Crippen LogP contribution in [0.15, 0.2) is 0 Å². The molecule has 2 unspecified atom stereocenters. The minimum Gasteiger partial charge on any atom is -0.468 e. The molecular weight excluding hydrogens is 166 g/mol. The molecule has 0 aromatic heterocycles. The fraction of sp³-hybridized carbons (Fsp3) is 0.900. The lowest BCUT2D eigenvalue weighted by atomic mass is 9.86. The van der Waals surface area contributed by atoms with Crippen molar-refractivity contribution in [2.24, 2.45) is 11.7 Å². The van der Waals surface area contributed by atoms with Crippen LogP contribution in [0, 0.1) is 5.92 Å². The molecule has 13 heavy (non-hydrogen) atoms. The summed E-state index contributed by atoms with van der Waals surface area (Å²) in [6.07, 6.45) is 2.37. The third-order valence-corrected chi connectivity index (χ3v) is 2.63. The van der Waals surface area contributed by atoms with Crippen LogP contribution >= 0.6 is 0 Å². The molecule has 0 heterocycles. The summed E-state index contributed by atoms with van der Waals surface area (Å²) in [6, 6.07) is 0. The Hall–Kier alpha value is -0.570. The van der Waals surface area contributed by atoms with Crippen molar-refractivity contribution in [2.45, 2.75) is 45.6 Å². The zero-order valence-electron chi connectivity index (χ0n) is 9.09. The second kappa shape index (κ2) is 5.22. The van der Waals surface area contributed by atoms with Crippen LogP contribution in [-0.4, -0.2) is 18.6 Å². The third kappa shape index (κ3) is 3.35. The maximum absolute atomic E-state index is 11.4. The molecule has 0 saturated heterocycles. The largest absolute Gasteiger partial charge is 0.468 e. The molecular formula is C10H21NO2. The summed E-state index contributed by atoms with van der Waals surface area (Å²) >= 11 is 0. The summed E-state index contributed by atoms with van der Waals surface area (Å²) in [7, 11) is 1.39. The smallest absolute Gasteiger partial charge is 0.325 e. The zero-order valence-corrected chi connectivity index (χ0v) is 9.09. The van der Waals surface area contributed by atoms with Crippen molar-refractivity contribution in [1.29, 1.82) is 0 Å². The van der Waals surface area contributed by atoms with Gasteiger partial charge in [0, 0.05) is 0 Å². The summed E-state index contributed by atoms with van der Waals surface area (Å²) in [6.45, 7) is 6.11. The van der Waals surface area contributed by atoms with Crippen LogP contribution in [0.3, 0.4) is 0 Å². The van der Waals surface area contributed by atoms with Gasteiger partial charge in [0.05, 0.1) is 7.11 Å². The first-order chi connectivity index (χ1) is 6.00. The van der Waals surface area contributed by atoms with E-state index < -0.39 is 5.54 Å². The number of hydrogen-bond acceptors (Lipinski definition) is 3. The summed E-state index contributed by atoms with van der Waals surface area (Å²) in [5, 5.41) is 0. The average Bonchev–Trinajstić information content (AvgIpc) is 2.15. The normalized spacial score (nSPS) is 17.6. The van der Waals surface area contributed by atoms with Gasteiger partial charge in [0.25, 0.3) is 0 Å². The minimum absolute atomic E-state index is 0.296. The number of hydrogen-bond donors (Lipinski definition) is 1. The lowest BCUT2D eigenvalue weighted by Crippen LogP contribution is -2.49. The molecule has 0 amide bonds. The summed E-state index contributed by atoms with van der Waals surface area (Å²) in [5.74, 6) is 0.166. The second-order valence-corrected chi connectivity index (χ2v) is 3.72. The molecule has 0 aromatic rings. The molecule has 0 fully saturated rings. The summed E-state index contributed by atoms with van der Waals surface area (Å²) in [4.78, 5) is 11.4. The molecule has 0 saturated carbocycles. The highest BCUT2D eigenvalue weighted by Crippen LogP contribution is 2.21. The van der Waals surface area contributed by atoms with Crippen molar-refractivity contribution in [3.05, 3.63) is 0 Å². The molecule has 0 radical (unpaired) electrons. The van der Waals surface area contributed by atoms with E-state index in [1.165, 1.54) is 7.11 Å². The van der Waals surface area contributed by atoms with Crippen molar-refractivity contribution in [1.82, 2.24) is 0 Å². The SMILES string of the molecule is CCC(C)CC(N)(CC)C(=O)OC. The van der Waals surface area contributed by atoms with E-state index in [4.69, 9.17) is 5.73 Å². The molecule has 0 aromatic carbocycles. The molecule has 0 bridgehead atoms. The Kier molecular flexibility index (Phi) is 4.99. The number of ether oxygens (including phenoxy) is 1. The zero-order chi connectivity index (χ0) is 10.5. The van der Waals surface area contributed by atoms with Gasteiger partial charge in [-0.2, -0.15) is 0 Å². The quantitative estimate of drug-likeness (QED) is 0.666. The van der Waals surface area contributed by atoms with E-state index in [-0.39, 0.29) is 5.97 Å². The number of rotatable bonds is 5. The van der Waals surface area contributed by atoms with Crippen molar-refractivity contribution < 1.29 is 9.53 Å². The van der Waals surface area contributed by atoms with Gasteiger partial charge in [-0.15, -0.1) is 0 Å². The Morgan fingerprint density at radius 1 is 1.54 bits per heavy atom. The minimum atomic E-state index is -0.788. The third-order valence-electron chi connectivity index (χ3n) is 2.63. The van der Waals surface area contributed by atoms with Crippen molar-refractivity contribution >= 4 is 5.97 Å². The van der Waals surface area contributed by atoms with E-state index >= 15 is 0 Å². The van der Waals surface area contributed by atoms with Gasteiger partial charge in [0.15, 0.2) is 0 Å². The van der Waals surface area contributed by atoms with Gasteiger partial charge in [-0.1, -0.05) is 27.2 Å². The van der Waals surface area contributed by atoms with Gasteiger partial charge in [0.1, 0.15) is 5.54 Å². The fourth-order valence-corrected chi connectivity index (χ4v) is 1.34. The Labute approximate surface area is 80.6 Å². The van der Waals surface area contributed by atoms with Crippen LogP contribution in [0.25, 0.3) is 0 Å². The monoisotopic (exact) mass is 187 g/mol. The van der Waals surface area contributed by atoms with Gasteiger partial charge >= 0.3 is 5.97 Å².